The second-order valence-corrected chi connectivity index (χ2v) is 8.80. The first-order chi connectivity index (χ1) is 15.4. The summed E-state index contributed by atoms with van der Waals surface area (Å²) in [6.07, 6.45) is 4.18. The zero-order valence-electron chi connectivity index (χ0n) is 16.0. The number of nitrogens with zero attached hydrogens (tertiary/aromatic N) is 4. The van der Waals surface area contributed by atoms with Crippen molar-refractivity contribution in [1.29, 1.82) is 0 Å². The highest BCUT2D eigenvalue weighted by molar-refractivity contribution is 7.22. The number of halogens is 2. The van der Waals surface area contributed by atoms with E-state index < -0.39 is 16.6 Å². The molecule has 4 rings (SSSR count). The van der Waals surface area contributed by atoms with E-state index in [-0.39, 0.29) is 10.1 Å². The molecule has 0 aliphatic rings. The van der Waals surface area contributed by atoms with Gasteiger partial charge in [-0.15, -0.1) is 0 Å². The predicted octanol–water partition coefficient (Wildman–Crippen LogP) is 6.14. The van der Waals surface area contributed by atoms with Gasteiger partial charge in [-0.3, -0.25) is 14.9 Å². The quantitative estimate of drug-likeness (QED) is 0.142. The molecule has 0 aliphatic carbocycles. The zero-order chi connectivity index (χ0) is 22.7. The predicted molar refractivity (Wildman–Crippen MR) is 126 cm³/mol. The van der Waals surface area contributed by atoms with E-state index in [1.54, 1.807) is 30.3 Å². The topological polar surface area (TPSA) is 88.7 Å². The zero-order valence-corrected chi connectivity index (χ0v) is 18.4. The number of thiophene rings is 1. The van der Waals surface area contributed by atoms with E-state index in [0.717, 1.165) is 27.7 Å². The third kappa shape index (κ3) is 4.88. The number of carbonyl (C=O) groups is 1. The van der Waals surface area contributed by atoms with Gasteiger partial charge in [-0.25, -0.2) is 9.37 Å². The van der Waals surface area contributed by atoms with Crippen molar-refractivity contribution in [1.82, 2.24) is 4.98 Å². The first-order valence-electron chi connectivity index (χ1n) is 9.02. The standard InChI is InChI=1S/C21H12ClFN4O3S2/c22-16-4-2-1-3-13(16)5-9-19(28)26(24-12-15-7-10-20(31-15)27(29)30)21-25-17-8-6-14(23)11-18(17)32-21/h1-12H/b9-5+,24-12+. The van der Waals surface area contributed by atoms with Gasteiger partial charge in [-0.1, -0.05) is 52.5 Å². The number of hydrogen-bond acceptors (Lipinski definition) is 7. The number of fused-ring (bicyclic) bond motifs is 1. The number of carbonyl (C=O) groups excluding carboxylic acids is 1. The number of thiazole rings is 1. The maximum Gasteiger partial charge on any atom is 0.324 e. The average molecular weight is 487 g/mol. The summed E-state index contributed by atoms with van der Waals surface area (Å²) in [5, 5.41) is 16.8. The van der Waals surface area contributed by atoms with Crippen molar-refractivity contribution >= 4 is 72.8 Å². The van der Waals surface area contributed by atoms with Crippen LogP contribution in [0.15, 0.2) is 65.8 Å². The van der Waals surface area contributed by atoms with Crippen LogP contribution in [-0.2, 0) is 4.79 Å². The number of hydrogen-bond donors (Lipinski definition) is 0. The van der Waals surface area contributed by atoms with E-state index in [0.29, 0.717) is 25.7 Å². The number of benzene rings is 2. The Morgan fingerprint density at radius 3 is 2.75 bits per heavy atom. The number of amides is 1. The normalized spacial score (nSPS) is 11.6. The smallest absolute Gasteiger partial charge is 0.267 e. The maximum atomic E-state index is 13.6. The molecule has 160 valence electrons. The molecular formula is C21H12ClFN4O3S2. The third-order valence-electron chi connectivity index (χ3n) is 4.13. The fourth-order valence-corrected chi connectivity index (χ4v) is 4.48. The van der Waals surface area contributed by atoms with Crippen LogP contribution in [0.5, 0.6) is 0 Å². The van der Waals surface area contributed by atoms with Crippen molar-refractivity contribution in [3.8, 4) is 0 Å². The third-order valence-corrected chi connectivity index (χ3v) is 6.44. The SMILES string of the molecule is O=C(/C=C/c1ccccc1Cl)N(/N=C/c1ccc([N+](=O)[O-])s1)c1nc2ccc(F)cc2s1. The molecule has 0 unspecified atom stereocenters. The molecular weight excluding hydrogens is 475 g/mol. The van der Waals surface area contributed by atoms with Crippen molar-refractivity contribution in [2.75, 3.05) is 5.01 Å². The van der Waals surface area contributed by atoms with Crippen molar-refractivity contribution in [3.05, 3.63) is 92.1 Å². The molecule has 0 aliphatic heterocycles. The summed E-state index contributed by atoms with van der Waals surface area (Å²) in [7, 11) is 0. The summed E-state index contributed by atoms with van der Waals surface area (Å²) in [6.45, 7) is 0. The molecule has 0 saturated carbocycles. The van der Waals surface area contributed by atoms with Gasteiger partial charge >= 0.3 is 5.00 Å². The van der Waals surface area contributed by atoms with E-state index in [1.807, 2.05) is 0 Å². The molecule has 0 radical (unpaired) electrons. The Morgan fingerprint density at radius 2 is 2.00 bits per heavy atom. The number of rotatable bonds is 6. The summed E-state index contributed by atoms with van der Waals surface area (Å²) in [5.41, 5.74) is 1.16. The number of anilines is 1. The second kappa shape index (κ2) is 9.35. The van der Waals surface area contributed by atoms with Crippen LogP contribution in [0.4, 0.5) is 14.5 Å². The van der Waals surface area contributed by atoms with Crippen LogP contribution in [0.3, 0.4) is 0 Å². The average Bonchev–Trinajstić information content (AvgIpc) is 3.40. The molecule has 0 bridgehead atoms. The highest BCUT2D eigenvalue weighted by Gasteiger charge is 2.18. The molecule has 2 aromatic heterocycles. The summed E-state index contributed by atoms with van der Waals surface area (Å²) >= 11 is 8.15. The molecule has 0 N–H and O–H groups in total. The van der Waals surface area contributed by atoms with E-state index in [9.17, 15) is 19.3 Å². The summed E-state index contributed by atoms with van der Waals surface area (Å²) in [5.74, 6) is -0.939. The van der Waals surface area contributed by atoms with Gasteiger partial charge in [0.25, 0.3) is 5.91 Å². The molecule has 2 aromatic carbocycles. The molecule has 0 spiro atoms. The number of aromatic nitrogens is 1. The second-order valence-electron chi connectivity index (χ2n) is 6.29. The Kier molecular flexibility index (Phi) is 6.35. The monoisotopic (exact) mass is 486 g/mol. The Bertz CT molecular complexity index is 1380. The maximum absolute atomic E-state index is 13.6. The van der Waals surface area contributed by atoms with Crippen LogP contribution < -0.4 is 5.01 Å². The van der Waals surface area contributed by atoms with Crippen molar-refractivity contribution in [2.45, 2.75) is 0 Å². The van der Waals surface area contributed by atoms with Gasteiger partial charge in [-0.2, -0.15) is 10.1 Å². The number of hydrazone groups is 1. The lowest BCUT2D eigenvalue weighted by atomic mass is 10.2. The van der Waals surface area contributed by atoms with Crippen LogP contribution in [-0.4, -0.2) is 22.0 Å². The largest absolute Gasteiger partial charge is 0.324 e. The first kappa shape index (κ1) is 21.8. The summed E-state index contributed by atoms with van der Waals surface area (Å²) in [4.78, 5) is 28.2. The van der Waals surface area contributed by atoms with E-state index >= 15 is 0 Å². The van der Waals surface area contributed by atoms with Crippen molar-refractivity contribution in [3.63, 3.8) is 0 Å². The van der Waals surface area contributed by atoms with Gasteiger partial charge < -0.3 is 0 Å². The summed E-state index contributed by atoms with van der Waals surface area (Å²) < 4.78 is 14.1. The van der Waals surface area contributed by atoms with Gasteiger partial charge in [0, 0.05) is 17.2 Å². The minimum Gasteiger partial charge on any atom is -0.267 e. The van der Waals surface area contributed by atoms with Crippen molar-refractivity contribution < 1.29 is 14.1 Å². The number of nitro groups is 1. The Morgan fingerprint density at radius 1 is 1.19 bits per heavy atom. The minimum absolute atomic E-state index is 0.0431. The van der Waals surface area contributed by atoms with E-state index in [2.05, 4.69) is 10.1 Å². The molecule has 0 fully saturated rings. The Labute approximate surface area is 193 Å². The molecule has 4 aromatic rings. The molecule has 0 atom stereocenters. The lowest BCUT2D eigenvalue weighted by molar-refractivity contribution is -0.380. The first-order valence-corrected chi connectivity index (χ1v) is 11.0. The molecule has 0 saturated heterocycles. The Hall–Kier alpha value is -3.47. The lowest BCUT2D eigenvalue weighted by Gasteiger charge is -2.11. The van der Waals surface area contributed by atoms with Crippen LogP contribution in [0.1, 0.15) is 10.4 Å². The molecule has 7 nitrogen and oxygen atoms in total. The fourth-order valence-electron chi connectivity index (χ4n) is 2.64. The lowest BCUT2D eigenvalue weighted by Crippen LogP contribution is -2.23. The van der Waals surface area contributed by atoms with Gasteiger partial charge in [0.1, 0.15) is 5.82 Å². The van der Waals surface area contributed by atoms with Crippen LogP contribution in [0.2, 0.25) is 5.02 Å². The molecule has 32 heavy (non-hydrogen) atoms. The van der Waals surface area contributed by atoms with Crippen LogP contribution in [0.25, 0.3) is 16.3 Å². The van der Waals surface area contributed by atoms with E-state index in [1.165, 1.54) is 42.6 Å². The van der Waals surface area contributed by atoms with E-state index in [4.69, 9.17) is 11.6 Å². The van der Waals surface area contributed by atoms with Gasteiger partial charge in [0.05, 0.1) is 26.2 Å². The summed E-state index contributed by atoms with van der Waals surface area (Å²) in [6, 6.07) is 14.0. The fraction of sp³-hybridized carbons (Fsp3) is 0. The molecule has 11 heteroatoms. The van der Waals surface area contributed by atoms with Gasteiger partial charge in [-0.05, 0) is 42.0 Å². The van der Waals surface area contributed by atoms with Crippen LogP contribution in [0, 0.1) is 15.9 Å². The highest BCUT2D eigenvalue weighted by atomic mass is 35.5. The molecule has 2 heterocycles. The minimum atomic E-state index is -0.522. The Balaban J connectivity index is 1.69. The van der Waals surface area contributed by atoms with Gasteiger partial charge in [0.15, 0.2) is 0 Å². The van der Waals surface area contributed by atoms with Gasteiger partial charge in [0.2, 0.25) is 5.13 Å². The molecule has 1 amide bonds. The van der Waals surface area contributed by atoms with Crippen LogP contribution >= 0.6 is 34.3 Å². The highest BCUT2D eigenvalue weighted by Crippen LogP contribution is 2.30. The van der Waals surface area contributed by atoms with Crippen molar-refractivity contribution in [2.24, 2.45) is 5.10 Å².